The molecule has 0 spiro atoms. The molecule has 92 valence electrons. The maximum atomic E-state index is 11.3. The second-order valence-electron chi connectivity index (χ2n) is 3.35. The minimum atomic E-state index is -0.472. The number of ether oxygens (including phenoxy) is 3. The van der Waals surface area contributed by atoms with Gasteiger partial charge in [-0.3, -0.25) is 4.79 Å². The SMILES string of the molecule is COC(=O)c1ccc(OC)c(OCC(C)=O)c1. The smallest absolute Gasteiger partial charge is 0.337 e. The van der Waals surface area contributed by atoms with Crippen molar-refractivity contribution < 1.29 is 23.8 Å². The summed E-state index contributed by atoms with van der Waals surface area (Å²) < 4.78 is 14.9. The molecule has 0 unspecified atom stereocenters. The number of methoxy groups -OCH3 is 2. The Hall–Kier alpha value is -2.04. The molecule has 5 nitrogen and oxygen atoms in total. The standard InChI is InChI=1S/C12H14O5/c1-8(13)7-17-11-6-9(12(14)16-3)4-5-10(11)15-2/h4-6H,7H2,1-3H3. The second-order valence-corrected chi connectivity index (χ2v) is 3.35. The molecule has 5 heteroatoms. The fraction of sp³-hybridized carbons (Fsp3) is 0.333. The lowest BCUT2D eigenvalue weighted by molar-refractivity contribution is -0.118. The highest BCUT2D eigenvalue weighted by Gasteiger charge is 2.11. The lowest BCUT2D eigenvalue weighted by atomic mass is 10.2. The lowest BCUT2D eigenvalue weighted by Gasteiger charge is -2.10. The molecule has 0 aliphatic heterocycles. The average molecular weight is 238 g/mol. The Balaban J connectivity index is 2.97. The van der Waals surface area contributed by atoms with Crippen LogP contribution >= 0.6 is 0 Å². The van der Waals surface area contributed by atoms with Crippen LogP contribution in [0.2, 0.25) is 0 Å². The van der Waals surface area contributed by atoms with E-state index in [0.29, 0.717) is 17.1 Å². The van der Waals surface area contributed by atoms with Gasteiger partial charge in [-0.2, -0.15) is 0 Å². The molecule has 1 aromatic carbocycles. The zero-order valence-electron chi connectivity index (χ0n) is 9.98. The molecule has 0 heterocycles. The highest BCUT2D eigenvalue weighted by molar-refractivity contribution is 5.90. The maximum Gasteiger partial charge on any atom is 0.337 e. The van der Waals surface area contributed by atoms with E-state index in [9.17, 15) is 9.59 Å². The Morgan fingerprint density at radius 2 is 1.88 bits per heavy atom. The first-order valence-electron chi connectivity index (χ1n) is 4.97. The van der Waals surface area contributed by atoms with Gasteiger partial charge in [0.25, 0.3) is 0 Å². The van der Waals surface area contributed by atoms with Crippen LogP contribution in [0.25, 0.3) is 0 Å². The van der Waals surface area contributed by atoms with E-state index in [-0.39, 0.29) is 12.4 Å². The molecule has 0 aromatic heterocycles. The van der Waals surface area contributed by atoms with Gasteiger partial charge in [0.1, 0.15) is 6.61 Å². The van der Waals surface area contributed by atoms with Crippen molar-refractivity contribution in [3.8, 4) is 11.5 Å². The molecule has 1 rings (SSSR count). The number of Topliss-reactive ketones (excluding diaryl/α,β-unsaturated/α-hetero) is 1. The van der Waals surface area contributed by atoms with Crippen molar-refractivity contribution in [1.29, 1.82) is 0 Å². The Morgan fingerprint density at radius 1 is 1.18 bits per heavy atom. The Bertz CT molecular complexity index is 425. The van der Waals surface area contributed by atoms with E-state index in [1.165, 1.54) is 27.2 Å². The quantitative estimate of drug-likeness (QED) is 0.726. The maximum absolute atomic E-state index is 11.3. The van der Waals surface area contributed by atoms with Crippen LogP contribution in [0.5, 0.6) is 11.5 Å². The van der Waals surface area contributed by atoms with Gasteiger partial charge in [0.05, 0.1) is 19.8 Å². The van der Waals surface area contributed by atoms with Crippen molar-refractivity contribution in [2.24, 2.45) is 0 Å². The fourth-order valence-electron chi connectivity index (χ4n) is 1.21. The summed E-state index contributed by atoms with van der Waals surface area (Å²) in [5, 5.41) is 0. The van der Waals surface area contributed by atoms with Gasteiger partial charge < -0.3 is 14.2 Å². The van der Waals surface area contributed by atoms with Gasteiger partial charge in [-0.25, -0.2) is 4.79 Å². The summed E-state index contributed by atoms with van der Waals surface area (Å²) >= 11 is 0. The van der Waals surface area contributed by atoms with Crippen LogP contribution in [-0.4, -0.2) is 32.6 Å². The van der Waals surface area contributed by atoms with E-state index >= 15 is 0 Å². The van der Waals surface area contributed by atoms with Gasteiger partial charge in [-0.15, -0.1) is 0 Å². The molecule has 0 aliphatic rings. The van der Waals surface area contributed by atoms with Crippen LogP contribution in [0.4, 0.5) is 0 Å². The Morgan fingerprint density at radius 3 is 2.41 bits per heavy atom. The number of hydrogen-bond acceptors (Lipinski definition) is 5. The number of carbonyl (C=O) groups excluding carboxylic acids is 2. The summed E-state index contributed by atoms with van der Waals surface area (Å²) in [6.45, 7) is 1.34. The normalized spacial score (nSPS) is 9.59. The second kappa shape index (κ2) is 5.89. The molecule has 0 saturated carbocycles. The van der Waals surface area contributed by atoms with Crippen LogP contribution in [0.15, 0.2) is 18.2 Å². The zero-order chi connectivity index (χ0) is 12.8. The number of esters is 1. The van der Waals surface area contributed by atoms with Gasteiger partial charge >= 0.3 is 5.97 Å². The summed E-state index contributed by atoms with van der Waals surface area (Å²) in [6.07, 6.45) is 0. The third-order valence-electron chi connectivity index (χ3n) is 2.02. The number of hydrogen-bond donors (Lipinski definition) is 0. The van der Waals surface area contributed by atoms with Crippen molar-refractivity contribution >= 4 is 11.8 Å². The monoisotopic (exact) mass is 238 g/mol. The van der Waals surface area contributed by atoms with E-state index in [1.807, 2.05) is 0 Å². The third-order valence-corrected chi connectivity index (χ3v) is 2.02. The molecule has 0 fully saturated rings. The van der Waals surface area contributed by atoms with Crippen LogP contribution < -0.4 is 9.47 Å². The average Bonchev–Trinajstić information content (AvgIpc) is 2.34. The number of benzene rings is 1. The van der Waals surface area contributed by atoms with Crippen molar-refractivity contribution in [3.05, 3.63) is 23.8 Å². The van der Waals surface area contributed by atoms with Gasteiger partial charge in [0, 0.05) is 0 Å². The lowest BCUT2D eigenvalue weighted by Crippen LogP contribution is -2.08. The summed E-state index contributed by atoms with van der Waals surface area (Å²) in [6, 6.07) is 4.63. The van der Waals surface area contributed by atoms with Gasteiger partial charge in [0.2, 0.25) is 0 Å². The van der Waals surface area contributed by atoms with Crippen LogP contribution in [0.3, 0.4) is 0 Å². The molecule has 0 bridgehead atoms. The van der Waals surface area contributed by atoms with Crippen molar-refractivity contribution in [3.63, 3.8) is 0 Å². The molecule has 0 amide bonds. The molecule has 0 radical (unpaired) electrons. The highest BCUT2D eigenvalue weighted by Crippen LogP contribution is 2.28. The predicted octanol–water partition coefficient (Wildman–Crippen LogP) is 1.45. The largest absolute Gasteiger partial charge is 0.493 e. The van der Waals surface area contributed by atoms with Crippen LogP contribution in [0, 0.1) is 0 Å². The number of ketones is 1. The Kier molecular flexibility index (Phi) is 4.51. The Labute approximate surface area is 99.3 Å². The van der Waals surface area contributed by atoms with E-state index in [1.54, 1.807) is 12.1 Å². The molecule has 0 atom stereocenters. The van der Waals surface area contributed by atoms with E-state index < -0.39 is 5.97 Å². The molecular formula is C12H14O5. The van der Waals surface area contributed by atoms with Crippen molar-refractivity contribution in [2.75, 3.05) is 20.8 Å². The van der Waals surface area contributed by atoms with E-state index in [4.69, 9.17) is 9.47 Å². The highest BCUT2D eigenvalue weighted by atomic mass is 16.5. The van der Waals surface area contributed by atoms with E-state index in [2.05, 4.69) is 4.74 Å². The molecule has 0 N–H and O–H groups in total. The van der Waals surface area contributed by atoms with Crippen LogP contribution in [0.1, 0.15) is 17.3 Å². The van der Waals surface area contributed by atoms with Crippen molar-refractivity contribution in [2.45, 2.75) is 6.92 Å². The summed E-state index contributed by atoms with van der Waals surface area (Å²) in [5.41, 5.74) is 0.340. The van der Waals surface area contributed by atoms with Gasteiger partial charge in [-0.05, 0) is 25.1 Å². The third kappa shape index (κ3) is 3.48. The van der Waals surface area contributed by atoms with E-state index in [0.717, 1.165) is 0 Å². The summed E-state index contributed by atoms with van der Waals surface area (Å²) in [7, 11) is 2.77. The molecule has 0 saturated heterocycles. The molecular weight excluding hydrogens is 224 g/mol. The molecule has 0 aliphatic carbocycles. The fourth-order valence-corrected chi connectivity index (χ4v) is 1.21. The summed E-state index contributed by atoms with van der Waals surface area (Å²) in [4.78, 5) is 22.2. The minimum Gasteiger partial charge on any atom is -0.493 e. The number of rotatable bonds is 5. The summed E-state index contributed by atoms with van der Waals surface area (Å²) in [5.74, 6) is 0.209. The first-order valence-corrected chi connectivity index (χ1v) is 4.97. The first-order chi connectivity index (χ1) is 8.08. The topological polar surface area (TPSA) is 61.8 Å². The van der Waals surface area contributed by atoms with Gasteiger partial charge in [-0.1, -0.05) is 0 Å². The first kappa shape index (κ1) is 13.0. The number of carbonyl (C=O) groups is 2. The van der Waals surface area contributed by atoms with Gasteiger partial charge in [0.15, 0.2) is 17.3 Å². The van der Waals surface area contributed by atoms with Crippen LogP contribution in [-0.2, 0) is 9.53 Å². The zero-order valence-corrected chi connectivity index (χ0v) is 9.98. The molecule has 1 aromatic rings. The molecule has 17 heavy (non-hydrogen) atoms. The van der Waals surface area contributed by atoms with Crippen molar-refractivity contribution in [1.82, 2.24) is 0 Å². The predicted molar refractivity (Wildman–Crippen MR) is 60.5 cm³/mol. The minimum absolute atomic E-state index is 0.0685.